The molecule has 0 bridgehead atoms. The standard InChI is InChI=1S/C16H32O/c1-5-7-13(2)14(3)9-10-15-8-6-11-16(4,17)12-15/h13-15,17H,5-12H2,1-4H3/t13-,14-,15-,16+/m0/s1. The summed E-state index contributed by atoms with van der Waals surface area (Å²) in [7, 11) is 0. The highest BCUT2D eigenvalue weighted by Crippen LogP contribution is 2.36. The molecule has 0 unspecified atom stereocenters. The molecule has 0 spiro atoms. The van der Waals surface area contributed by atoms with Crippen LogP contribution in [-0.4, -0.2) is 10.7 Å². The van der Waals surface area contributed by atoms with Crippen LogP contribution in [-0.2, 0) is 0 Å². The van der Waals surface area contributed by atoms with Crippen molar-refractivity contribution in [3.63, 3.8) is 0 Å². The molecule has 0 aliphatic heterocycles. The van der Waals surface area contributed by atoms with Crippen LogP contribution in [0.2, 0.25) is 0 Å². The minimum Gasteiger partial charge on any atom is -0.390 e. The fourth-order valence-corrected chi connectivity index (χ4v) is 3.37. The number of aliphatic hydroxyl groups is 1. The normalized spacial score (nSPS) is 33.4. The molecule has 0 radical (unpaired) electrons. The van der Waals surface area contributed by atoms with Gasteiger partial charge in [-0.25, -0.2) is 0 Å². The Labute approximate surface area is 108 Å². The largest absolute Gasteiger partial charge is 0.390 e. The number of rotatable bonds is 6. The molecule has 0 aromatic rings. The van der Waals surface area contributed by atoms with Crippen LogP contribution in [0.4, 0.5) is 0 Å². The number of hydrogen-bond donors (Lipinski definition) is 1. The van der Waals surface area contributed by atoms with E-state index in [9.17, 15) is 5.11 Å². The van der Waals surface area contributed by atoms with Gasteiger partial charge in [-0.1, -0.05) is 59.3 Å². The van der Waals surface area contributed by atoms with E-state index in [0.29, 0.717) is 0 Å². The molecule has 0 aromatic carbocycles. The zero-order valence-electron chi connectivity index (χ0n) is 12.3. The smallest absolute Gasteiger partial charge is 0.0622 e. The summed E-state index contributed by atoms with van der Waals surface area (Å²) < 4.78 is 0. The summed E-state index contributed by atoms with van der Waals surface area (Å²) in [4.78, 5) is 0. The highest BCUT2D eigenvalue weighted by Gasteiger charge is 2.29. The van der Waals surface area contributed by atoms with Crippen LogP contribution in [0.5, 0.6) is 0 Å². The third kappa shape index (κ3) is 5.42. The van der Waals surface area contributed by atoms with Crippen molar-refractivity contribution >= 4 is 0 Å². The van der Waals surface area contributed by atoms with Gasteiger partial charge in [0.2, 0.25) is 0 Å². The summed E-state index contributed by atoms with van der Waals surface area (Å²) in [6, 6.07) is 0. The molecule has 1 aliphatic rings. The highest BCUT2D eigenvalue weighted by atomic mass is 16.3. The highest BCUT2D eigenvalue weighted by molar-refractivity contribution is 4.82. The van der Waals surface area contributed by atoms with Crippen LogP contribution in [0.1, 0.15) is 79.1 Å². The van der Waals surface area contributed by atoms with Crippen LogP contribution in [0.3, 0.4) is 0 Å². The van der Waals surface area contributed by atoms with Gasteiger partial charge in [-0.05, 0) is 37.5 Å². The van der Waals surface area contributed by atoms with Crippen molar-refractivity contribution < 1.29 is 5.11 Å². The SMILES string of the molecule is CCC[C@H](C)[C@@H](C)CC[C@@H]1CCC[C@@](C)(O)C1. The van der Waals surface area contributed by atoms with E-state index in [1.165, 1.54) is 38.5 Å². The first-order valence-electron chi connectivity index (χ1n) is 7.67. The lowest BCUT2D eigenvalue weighted by molar-refractivity contribution is -0.00182. The van der Waals surface area contributed by atoms with Gasteiger partial charge in [0.1, 0.15) is 0 Å². The molecule has 1 N–H and O–H groups in total. The van der Waals surface area contributed by atoms with Crippen molar-refractivity contribution in [3.8, 4) is 0 Å². The first-order chi connectivity index (χ1) is 7.94. The summed E-state index contributed by atoms with van der Waals surface area (Å²) in [6.07, 6.45) is 9.94. The minimum atomic E-state index is -0.374. The summed E-state index contributed by atoms with van der Waals surface area (Å²) in [5, 5.41) is 10.1. The quantitative estimate of drug-likeness (QED) is 0.708. The minimum absolute atomic E-state index is 0.374. The van der Waals surface area contributed by atoms with E-state index in [4.69, 9.17) is 0 Å². The maximum atomic E-state index is 10.1. The molecule has 1 fully saturated rings. The van der Waals surface area contributed by atoms with Crippen LogP contribution in [0.25, 0.3) is 0 Å². The van der Waals surface area contributed by atoms with Crippen molar-refractivity contribution in [2.75, 3.05) is 0 Å². The van der Waals surface area contributed by atoms with E-state index in [1.807, 2.05) is 6.92 Å². The van der Waals surface area contributed by atoms with Crippen LogP contribution < -0.4 is 0 Å². The van der Waals surface area contributed by atoms with Gasteiger partial charge in [0.15, 0.2) is 0 Å². The first kappa shape index (κ1) is 15.0. The van der Waals surface area contributed by atoms with Crippen molar-refractivity contribution in [2.45, 2.75) is 84.7 Å². The van der Waals surface area contributed by atoms with Crippen LogP contribution >= 0.6 is 0 Å². The Kier molecular flexibility index (Phi) is 5.99. The van der Waals surface area contributed by atoms with Gasteiger partial charge in [-0.3, -0.25) is 0 Å². The van der Waals surface area contributed by atoms with Crippen LogP contribution in [0, 0.1) is 17.8 Å². The second kappa shape index (κ2) is 6.78. The van der Waals surface area contributed by atoms with Gasteiger partial charge < -0.3 is 5.11 Å². The van der Waals surface area contributed by atoms with Gasteiger partial charge in [0.25, 0.3) is 0 Å². The summed E-state index contributed by atoms with van der Waals surface area (Å²) >= 11 is 0. The Balaban J connectivity index is 2.25. The van der Waals surface area contributed by atoms with E-state index < -0.39 is 0 Å². The monoisotopic (exact) mass is 240 g/mol. The first-order valence-corrected chi connectivity index (χ1v) is 7.67. The molecular weight excluding hydrogens is 208 g/mol. The maximum absolute atomic E-state index is 10.1. The molecule has 0 heterocycles. The third-order valence-electron chi connectivity index (χ3n) is 4.80. The topological polar surface area (TPSA) is 20.2 Å². The number of hydrogen-bond acceptors (Lipinski definition) is 1. The van der Waals surface area contributed by atoms with Crippen LogP contribution in [0.15, 0.2) is 0 Å². The van der Waals surface area contributed by atoms with E-state index in [-0.39, 0.29) is 5.60 Å². The molecule has 1 nitrogen and oxygen atoms in total. The van der Waals surface area contributed by atoms with Crippen molar-refractivity contribution in [2.24, 2.45) is 17.8 Å². The zero-order chi connectivity index (χ0) is 12.9. The van der Waals surface area contributed by atoms with Gasteiger partial charge in [0, 0.05) is 0 Å². The molecule has 102 valence electrons. The molecule has 1 rings (SSSR count). The third-order valence-corrected chi connectivity index (χ3v) is 4.80. The molecule has 4 atom stereocenters. The van der Waals surface area contributed by atoms with E-state index in [1.54, 1.807) is 0 Å². The van der Waals surface area contributed by atoms with E-state index in [2.05, 4.69) is 20.8 Å². The fourth-order valence-electron chi connectivity index (χ4n) is 3.37. The fraction of sp³-hybridized carbons (Fsp3) is 1.00. The lowest BCUT2D eigenvalue weighted by Gasteiger charge is -2.34. The van der Waals surface area contributed by atoms with Gasteiger partial charge >= 0.3 is 0 Å². The lowest BCUT2D eigenvalue weighted by atomic mass is 9.75. The lowest BCUT2D eigenvalue weighted by Crippen LogP contribution is -2.31. The molecule has 0 amide bonds. The summed E-state index contributed by atoms with van der Waals surface area (Å²) in [5.74, 6) is 2.49. The molecule has 1 saturated carbocycles. The molecule has 1 aliphatic carbocycles. The predicted octanol–water partition coefficient (Wildman–Crippen LogP) is 4.78. The molecular formula is C16H32O. The summed E-state index contributed by atoms with van der Waals surface area (Å²) in [6.45, 7) is 9.09. The van der Waals surface area contributed by atoms with Crippen molar-refractivity contribution in [1.82, 2.24) is 0 Å². The average molecular weight is 240 g/mol. The second-order valence-corrected chi connectivity index (χ2v) is 6.78. The van der Waals surface area contributed by atoms with Gasteiger partial charge in [-0.2, -0.15) is 0 Å². The van der Waals surface area contributed by atoms with Crippen molar-refractivity contribution in [1.29, 1.82) is 0 Å². The maximum Gasteiger partial charge on any atom is 0.0622 e. The Bertz CT molecular complexity index is 210. The molecule has 0 aromatic heterocycles. The second-order valence-electron chi connectivity index (χ2n) is 6.78. The molecule has 17 heavy (non-hydrogen) atoms. The Hall–Kier alpha value is -0.0400. The Morgan fingerprint density at radius 2 is 1.88 bits per heavy atom. The van der Waals surface area contributed by atoms with E-state index in [0.717, 1.165) is 30.6 Å². The Morgan fingerprint density at radius 1 is 1.24 bits per heavy atom. The predicted molar refractivity (Wildman–Crippen MR) is 75.1 cm³/mol. The van der Waals surface area contributed by atoms with Gasteiger partial charge in [-0.15, -0.1) is 0 Å². The molecule has 0 saturated heterocycles. The van der Waals surface area contributed by atoms with Crippen molar-refractivity contribution in [3.05, 3.63) is 0 Å². The summed E-state index contributed by atoms with van der Waals surface area (Å²) in [5.41, 5.74) is -0.374. The average Bonchev–Trinajstić information content (AvgIpc) is 2.25. The van der Waals surface area contributed by atoms with Gasteiger partial charge in [0.05, 0.1) is 5.60 Å². The molecule has 1 heteroatoms. The van der Waals surface area contributed by atoms with E-state index >= 15 is 0 Å². The Morgan fingerprint density at radius 3 is 2.47 bits per heavy atom. The zero-order valence-corrected chi connectivity index (χ0v) is 12.3.